The monoisotopic (exact) mass is 289 g/mol. The summed E-state index contributed by atoms with van der Waals surface area (Å²) in [6.45, 7) is 1.24. The maximum Gasteiger partial charge on any atom is 0.160 e. The molecule has 0 spiro atoms. The van der Waals surface area contributed by atoms with Gasteiger partial charge >= 0.3 is 0 Å². The fourth-order valence-electron chi connectivity index (χ4n) is 2.03. The Balaban J connectivity index is 1.93. The number of rotatable bonds is 6. The summed E-state index contributed by atoms with van der Waals surface area (Å²) in [7, 11) is 3.04. The molecular formula is C16H19NO4. The molecule has 0 amide bonds. The van der Waals surface area contributed by atoms with Gasteiger partial charge in [-0.15, -0.1) is 0 Å². The van der Waals surface area contributed by atoms with Crippen molar-refractivity contribution in [1.82, 2.24) is 5.32 Å². The van der Waals surface area contributed by atoms with Crippen LogP contribution in [-0.4, -0.2) is 24.4 Å². The van der Waals surface area contributed by atoms with E-state index in [-0.39, 0.29) is 11.5 Å². The fraction of sp³-hybridized carbons (Fsp3) is 0.250. The van der Waals surface area contributed by atoms with Crippen molar-refractivity contribution in [1.29, 1.82) is 0 Å². The lowest BCUT2D eigenvalue weighted by molar-refractivity contribution is 0.372. The van der Waals surface area contributed by atoms with E-state index in [1.807, 2.05) is 12.1 Å². The largest absolute Gasteiger partial charge is 0.504 e. The van der Waals surface area contributed by atoms with Crippen molar-refractivity contribution >= 4 is 0 Å². The molecule has 0 saturated carbocycles. The number of ether oxygens (including phenoxy) is 2. The number of phenols is 2. The third kappa shape index (κ3) is 3.79. The highest BCUT2D eigenvalue weighted by Crippen LogP contribution is 2.27. The number of aromatic hydroxyl groups is 2. The lowest BCUT2D eigenvalue weighted by Gasteiger charge is -2.09. The Morgan fingerprint density at radius 3 is 2.05 bits per heavy atom. The summed E-state index contributed by atoms with van der Waals surface area (Å²) in [6, 6.07) is 10.5. The van der Waals surface area contributed by atoms with Crippen LogP contribution in [0.1, 0.15) is 11.1 Å². The first-order chi connectivity index (χ1) is 10.1. The van der Waals surface area contributed by atoms with Crippen LogP contribution in [0.25, 0.3) is 0 Å². The lowest BCUT2D eigenvalue weighted by atomic mass is 10.1. The SMILES string of the molecule is COc1ccc(CNCc2ccc(O)c(OC)c2)cc1O. The summed E-state index contributed by atoms with van der Waals surface area (Å²) in [5.74, 6) is 1.17. The van der Waals surface area contributed by atoms with Gasteiger partial charge in [0.15, 0.2) is 23.0 Å². The van der Waals surface area contributed by atoms with Crippen molar-refractivity contribution in [2.75, 3.05) is 14.2 Å². The maximum atomic E-state index is 9.71. The van der Waals surface area contributed by atoms with E-state index in [1.165, 1.54) is 14.2 Å². The van der Waals surface area contributed by atoms with Gasteiger partial charge in [0.1, 0.15) is 0 Å². The Hall–Kier alpha value is -2.40. The highest BCUT2D eigenvalue weighted by Gasteiger charge is 2.04. The van der Waals surface area contributed by atoms with Crippen LogP contribution in [0.2, 0.25) is 0 Å². The first-order valence-corrected chi connectivity index (χ1v) is 6.56. The van der Waals surface area contributed by atoms with E-state index in [0.29, 0.717) is 24.6 Å². The van der Waals surface area contributed by atoms with Gasteiger partial charge in [-0.2, -0.15) is 0 Å². The molecule has 112 valence electrons. The second-order valence-corrected chi connectivity index (χ2v) is 4.62. The highest BCUT2D eigenvalue weighted by atomic mass is 16.5. The van der Waals surface area contributed by atoms with Crippen LogP contribution in [0, 0.1) is 0 Å². The van der Waals surface area contributed by atoms with Crippen molar-refractivity contribution in [3.63, 3.8) is 0 Å². The minimum absolute atomic E-state index is 0.126. The smallest absolute Gasteiger partial charge is 0.160 e. The van der Waals surface area contributed by atoms with E-state index in [1.54, 1.807) is 24.3 Å². The molecule has 0 heterocycles. The Bertz CT molecular complexity index is 613. The van der Waals surface area contributed by atoms with Gasteiger partial charge in [-0.3, -0.25) is 0 Å². The van der Waals surface area contributed by atoms with Crippen LogP contribution >= 0.6 is 0 Å². The summed E-state index contributed by atoms with van der Waals surface area (Å²) >= 11 is 0. The van der Waals surface area contributed by atoms with Gasteiger partial charge in [0.05, 0.1) is 14.2 Å². The molecule has 0 saturated heterocycles. The molecule has 5 nitrogen and oxygen atoms in total. The molecule has 3 N–H and O–H groups in total. The number of hydrogen-bond donors (Lipinski definition) is 3. The first kappa shape index (κ1) is 15.0. The Labute approximate surface area is 123 Å². The average molecular weight is 289 g/mol. The van der Waals surface area contributed by atoms with E-state index in [4.69, 9.17) is 9.47 Å². The fourth-order valence-corrected chi connectivity index (χ4v) is 2.03. The van der Waals surface area contributed by atoms with E-state index < -0.39 is 0 Å². The van der Waals surface area contributed by atoms with Crippen LogP contribution in [-0.2, 0) is 13.1 Å². The van der Waals surface area contributed by atoms with Crippen molar-refractivity contribution in [3.8, 4) is 23.0 Å². The highest BCUT2D eigenvalue weighted by molar-refractivity contribution is 5.42. The number of nitrogens with one attached hydrogen (secondary N) is 1. The predicted molar refractivity (Wildman–Crippen MR) is 79.9 cm³/mol. The van der Waals surface area contributed by atoms with Crippen molar-refractivity contribution < 1.29 is 19.7 Å². The lowest BCUT2D eigenvalue weighted by Crippen LogP contribution is -2.12. The quantitative estimate of drug-likeness (QED) is 0.761. The second kappa shape index (κ2) is 6.85. The molecule has 0 aliphatic rings. The zero-order valence-electron chi connectivity index (χ0n) is 12.1. The van der Waals surface area contributed by atoms with Crippen LogP contribution in [0.3, 0.4) is 0 Å². The van der Waals surface area contributed by atoms with E-state index in [2.05, 4.69) is 5.32 Å². The summed E-state index contributed by atoms with van der Waals surface area (Å²) < 4.78 is 10.1. The summed E-state index contributed by atoms with van der Waals surface area (Å²) in [5.41, 5.74) is 1.96. The molecule has 2 rings (SSSR count). The Morgan fingerprint density at radius 1 is 0.810 bits per heavy atom. The van der Waals surface area contributed by atoms with Gasteiger partial charge in [-0.05, 0) is 35.4 Å². The summed E-state index contributed by atoms with van der Waals surface area (Å²) in [4.78, 5) is 0. The number of phenolic OH excluding ortho intramolecular Hbond substituents is 2. The number of methoxy groups -OCH3 is 2. The van der Waals surface area contributed by atoms with E-state index in [0.717, 1.165) is 11.1 Å². The van der Waals surface area contributed by atoms with Gasteiger partial charge in [-0.25, -0.2) is 0 Å². The average Bonchev–Trinajstić information content (AvgIpc) is 2.49. The molecule has 21 heavy (non-hydrogen) atoms. The molecule has 0 radical (unpaired) electrons. The third-order valence-electron chi connectivity index (χ3n) is 3.15. The summed E-state index contributed by atoms with van der Waals surface area (Å²) in [5, 5.41) is 22.5. The molecule has 0 aliphatic carbocycles. The molecule has 0 fully saturated rings. The topological polar surface area (TPSA) is 71.0 Å². The Morgan fingerprint density at radius 2 is 1.43 bits per heavy atom. The second-order valence-electron chi connectivity index (χ2n) is 4.62. The molecule has 0 aromatic heterocycles. The number of hydrogen-bond acceptors (Lipinski definition) is 5. The molecule has 5 heteroatoms. The van der Waals surface area contributed by atoms with Gasteiger partial charge < -0.3 is 25.0 Å². The molecule has 2 aromatic carbocycles. The Kier molecular flexibility index (Phi) is 4.90. The van der Waals surface area contributed by atoms with E-state index in [9.17, 15) is 10.2 Å². The molecule has 0 atom stereocenters. The zero-order chi connectivity index (χ0) is 15.2. The molecule has 2 aromatic rings. The molecule has 0 unspecified atom stereocenters. The minimum Gasteiger partial charge on any atom is -0.504 e. The molecule has 0 bridgehead atoms. The van der Waals surface area contributed by atoms with Gasteiger partial charge in [0, 0.05) is 13.1 Å². The zero-order valence-corrected chi connectivity index (χ0v) is 12.1. The predicted octanol–water partition coefficient (Wildman–Crippen LogP) is 2.40. The van der Waals surface area contributed by atoms with Crippen molar-refractivity contribution in [2.24, 2.45) is 0 Å². The molecule has 0 aliphatic heterocycles. The van der Waals surface area contributed by atoms with Crippen LogP contribution in [0.4, 0.5) is 0 Å². The van der Waals surface area contributed by atoms with Gasteiger partial charge in [-0.1, -0.05) is 12.1 Å². The third-order valence-corrected chi connectivity index (χ3v) is 3.15. The maximum absolute atomic E-state index is 9.71. The first-order valence-electron chi connectivity index (χ1n) is 6.56. The standard InChI is InChI=1S/C16H19NO4/c1-20-15-6-4-11(7-14(15)19)9-17-10-12-3-5-13(18)16(8-12)21-2/h3-8,17-19H,9-10H2,1-2H3. The van der Waals surface area contributed by atoms with Crippen LogP contribution in [0.5, 0.6) is 23.0 Å². The van der Waals surface area contributed by atoms with Crippen LogP contribution in [0.15, 0.2) is 36.4 Å². The normalized spacial score (nSPS) is 10.4. The minimum atomic E-state index is 0.126. The van der Waals surface area contributed by atoms with Crippen molar-refractivity contribution in [2.45, 2.75) is 13.1 Å². The van der Waals surface area contributed by atoms with Crippen LogP contribution < -0.4 is 14.8 Å². The van der Waals surface area contributed by atoms with Gasteiger partial charge in [0.25, 0.3) is 0 Å². The number of benzene rings is 2. The van der Waals surface area contributed by atoms with E-state index >= 15 is 0 Å². The van der Waals surface area contributed by atoms with Crippen molar-refractivity contribution in [3.05, 3.63) is 47.5 Å². The van der Waals surface area contributed by atoms with Gasteiger partial charge in [0.2, 0.25) is 0 Å². The summed E-state index contributed by atoms with van der Waals surface area (Å²) in [6.07, 6.45) is 0. The molecular weight excluding hydrogens is 270 g/mol.